The van der Waals surface area contributed by atoms with Crippen LogP contribution in [0.3, 0.4) is 0 Å². The summed E-state index contributed by atoms with van der Waals surface area (Å²) in [7, 11) is 0. The van der Waals surface area contributed by atoms with E-state index in [9.17, 15) is 4.79 Å². The molecule has 0 spiro atoms. The van der Waals surface area contributed by atoms with E-state index in [4.69, 9.17) is 10.00 Å². The van der Waals surface area contributed by atoms with Crippen molar-refractivity contribution in [1.29, 1.82) is 5.26 Å². The van der Waals surface area contributed by atoms with Gasteiger partial charge in [0.2, 0.25) is 0 Å². The van der Waals surface area contributed by atoms with E-state index in [0.717, 1.165) is 14.9 Å². The highest BCUT2D eigenvalue weighted by molar-refractivity contribution is 14.1. The van der Waals surface area contributed by atoms with Crippen molar-refractivity contribution in [1.82, 2.24) is 4.90 Å². The maximum Gasteiger partial charge on any atom is 0.254 e. The van der Waals surface area contributed by atoms with E-state index in [0.29, 0.717) is 17.7 Å². The van der Waals surface area contributed by atoms with Crippen LogP contribution in [0.4, 0.5) is 0 Å². The number of carbonyl (C=O) groups is 1. The van der Waals surface area contributed by atoms with Gasteiger partial charge in [0.15, 0.2) is 0 Å². The van der Waals surface area contributed by atoms with Crippen molar-refractivity contribution >= 4 is 28.5 Å². The van der Waals surface area contributed by atoms with Gasteiger partial charge in [0.1, 0.15) is 17.9 Å². The number of amides is 1. The summed E-state index contributed by atoms with van der Waals surface area (Å²) < 4.78 is 6.94. The first kappa shape index (κ1) is 17.7. The van der Waals surface area contributed by atoms with Gasteiger partial charge in [-0.2, -0.15) is 5.26 Å². The van der Waals surface area contributed by atoms with Crippen LogP contribution < -0.4 is 4.74 Å². The van der Waals surface area contributed by atoms with Crippen molar-refractivity contribution in [3.8, 4) is 11.8 Å². The van der Waals surface area contributed by atoms with Crippen LogP contribution >= 0.6 is 22.6 Å². The summed E-state index contributed by atoms with van der Waals surface area (Å²) >= 11 is 2.13. The lowest BCUT2D eigenvalue weighted by atomic mass is 9.84. The Morgan fingerprint density at radius 2 is 1.96 bits per heavy atom. The Morgan fingerprint density at radius 3 is 2.52 bits per heavy atom. The van der Waals surface area contributed by atoms with Crippen molar-refractivity contribution in [3.63, 3.8) is 0 Å². The first-order chi connectivity index (χ1) is 11.8. The molecule has 0 unspecified atom stereocenters. The number of carbonyl (C=O) groups excluding carboxylic acids is 1. The van der Waals surface area contributed by atoms with Gasteiger partial charge in [-0.25, -0.2) is 0 Å². The molecule has 1 atom stereocenters. The second-order valence-electron chi connectivity index (χ2n) is 6.80. The van der Waals surface area contributed by atoms with Crippen molar-refractivity contribution in [2.24, 2.45) is 0 Å². The molecule has 0 radical (unpaired) electrons. The number of halogens is 1. The molecule has 1 aliphatic heterocycles. The molecule has 0 aliphatic carbocycles. The molecule has 128 valence electrons. The highest BCUT2D eigenvalue weighted by Gasteiger charge is 2.50. The third kappa shape index (κ3) is 3.36. The summed E-state index contributed by atoms with van der Waals surface area (Å²) in [6.45, 7) is 6.59. The number of likely N-dealkylation sites (tertiary alicyclic amines) is 1. The Balaban J connectivity index is 1.71. The summed E-state index contributed by atoms with van der Waals surface area (Å²) in [4.78, 5) is 14.6. The molecule has 1 saturated heterocycles. The molecule has 0 aromatic heterocycles. The minimum atomic E-state index is -0.388. The molecule has 1 aliphatic rings. The smallest absolute Gasteiger partial charge is 0.254 e. The number of nitriles is 1. The highest BCUT2D eigenvalue weighted by atomic mass is 127. The number of ether oxygens (including phenoxy) is 1. The summed E-state index contributed by atoms with van der Waals surface area (Å²) in [6, 6.07) is 15.2. The molecular weight excluding hydrogens is 427 g/mol. The quantitative estimate of drug-likeness (QED) is 0.666. The van der Waals surface area contributed by atoms with E-state index in [2.05, 4.69) is 28.7 Å². The van der Waals surface area contributed by atoms with Gasteiger partial charge in [0, 0.05) is 9.13 Å². The molecule has 0 saturated carbocycles. The number of nitrogens with zero attached hydrogens (tertiary/aromatic N) is 2. The number of hydrogen-bond acceptors (Lipinski definition) is 3. The fraction of sp³-hybridized carbons (Fsp3) is 0.300. The van der Waals surface area contributed by atoms with Crippen LogP contribution in [0.2, 0.25) is 0 Å². The molecule has 0 bridgehead atoms. The fourth-order valence-electron chi connectivity index (χ4n) is 2.89. The summed E-state index contributed by atoms with van der Waals surface area (Å²) in [5.74, 6) is 0.753. The lowest BCUT2D eigenvalue weighted by molar-refractivity contribution is -0.0788. The van der Waals surface area contributed by atoms with Gasteiger partial charge in [-0.3, -0.25) is 4.79 Å². The topological polar surface area (TPSA) is 53.3 Å². The van der Waals surface area contributed by atoms with E-state index < -0.39 is 0 Å². The SMILES string of the molecule is Cc1ccc(C(=O)N2C[C@@H](Oc3ccc(C#N)c(I)c3)C2(C)C)cc1. The zero-order chi connectivity index (χ0) is 18.2. The molecule has 4 nitrogen and oxygen atoms in total. The van der Waals surface area contributed by atoms with Crippen LogP contribution in [-0.4, -0.2) is 29.0 Å². The second-order valence-corrected chi connectivity index (χ2v) is 7.96. The van der Waals surface area contributed by atoms with Crippen molar-refractivity contribution in [2.75, 3.05) is 6.54 Å². The van der Waals surface area contributed by atoms with Gasteiger partial charge < -0.3 is 9.64 Å². The molecule has 1 heterocycles. The molecule has 1 fully saturated rings. The Kier molecular flexibility index (Phi) is 4.74. The zero-order valence-corrected chi connectivity index (χ0v) is 16.6. The van der Waals surface area contributed by atoms with Crippen LogP contribution in [0.25, 0.3) is 0 Å². The van der Waals surface area contributed by atoms with Crippen LogP contribution in [0.15, 0.2) is 42.5 Å². The van der Waals surface area contributed by atoms with E-state index in [1.165, 1.54) is 0 Å². The van der Waals surface area contributed by atoms with Gasteiger partial charge >= 0.3 is 0 Å². The van der Waals surface area contributed by atoms with Crippen LogP contribution in [0, 0.1) is 21.8 Å². The maximum atomic E-state index is 12.7. The van der Waals surface area contributed by atoms with Crippen LogP contribution in [-0.2, 0) is 0 Å². The first-order valence-electron chi connectivity index (χ1n) is 8.08. The number of hydrogen-bond donors (Lipinski definition) is 0. The third-order valence-corrected chi connectivity index (χ3v) is 5.61. The maximum absolute atomic E-state index is 12.7. The van der Waals surface area contributed by atoms with E-state index in [1.54, 1.807) is 12.1 Å². The standard InChI is InChI=1S/C20H19IN2O2/c1-13-4-6-14(7-5-13)19(24)23-12-18(20(23,2)3)25-16-9-8-15(11-22)17(21)10-16/h4-10,18H,12H2,1-3H3/t18-/m1/s1. The third-order valence-electron chi connectivity index (χ3n) is 4.72. The predicted molar refractivity (Wildman–Crippen MR) is 105 cm³/mol. The van der Waals surface area contributed by atoms with E-state index >= 15 is 0 Å². The predicted octanol–water partition coefficient (Wildman–Crippen LogP) is 4.15. The molecule has 0 N–H and O–H groups in total. The number of benzene rings is 2. The van der Waals surface area contributed by atoms with Gasteiger partial charge in [-0.1, -0.05) is 17.7 Å². The summed E-state index contributed by atoms with van der Waals surface area (Å²) in [5, 5.41) is 9.01. The van der Waals surface area contributed by atoms with Gasteiger partial charge in [0.05, 0.1) is 17.6 Å². The summed E-state index contributed by atoms with van der Waals surface area (Å²) in [5.41, 5.74) is 2.08. The number of rotatable bonds is 3. The Labute approximate surface area is 161 Å². The van der Waals surface area contributed by atoms with Gasteiger partial charge in [0.25, 0.3) is 5.91 Å². The monoisotopic (exact) mass is 446 g/mol. The molecular formula is C20H19IN2O2. The van der Waals surface area contributed by atoms with E-state index in [-0.39, 0.29) is 17.6 Å². The Morgan fingerprint density at radius 1 is 1.28 bits per heavy atom. The van der Waals surface area contributed by atoms with Crippen LogP contribution in [0.5, 0.6) is 5.75 Å². The second kappa shape index (κ2) is 6.68. The van der Waals surface area contributed by atoms with E-state index in [1.807, 2.05) is 56.0 Å². The zero-order valence-electron chi connectivity index (χ0n) is 14.4. The Hall–Kier alpha value is -2.07. The number of aryl methyl sites for hydroxylation is 1. The van der Waals surface area contributed by atoms with Gasteiger partial charge in [-0.15, -0.1) is 0 Å². The molecule has 1 amide bonds. The summed E-state index contributed by atoms with van der Waals surface area (Å²) in [6.07, 6.45) is -0.0781. The molecule has 2 aromatic rings. The van der Waals surface area contributed by atoms with Crippen molar-refractivity contribution in [2.45, 2.75) is 32.4 Å². The molecule has 2 aromatic carbocycles. The van der Waals surface area contributed by atoms with Crippen molar-refractivity contribution < 1.29 is 9.53 Å². The lowest BCUT2D eigenvalue weighted by Crippen LogP contribution is -2.71. The van der Waals surface area contributed by atoms with Crippen LogP contribution in [0.1, 0.15) is 35.3 Å². The minimum Gasteiger partial charge on any atom is -0.486 e. The highest BCUT2D eigenvalue weighted by Crippen LogP contribution is 2.35. The normalized spacial score (nSPS) is 18.2. The first-order valence-corrected chi connectivity index (χ1v) is 9.16. The average molecular weight is 446 g/mol. The largest absolute Gasteiger partial charge is 0.486 e. The molecule has 3 rings (SSSR count). The average Bonchev–Trinajstić information content (AvgIpc) is 2.58. The minimum absolute atomic E-state index is 0.0271. The molecule has 5 heteroatoms. The van der Waals surface area contributed by atoms with Gasteiger partial charge in [-0.05, 0) is 73.7 Å². The van der Waals surface area contributed by atoms with Crippen molar-refractivity contribution in [3.05, 3.63) is 62.7 Å². The molecule has 25 heavy (non-hydrogen) atoms. The Bertz CT molecular complexity index is 853. The fourth-order valence-corrected chi connectivity index (χ4v) is 3.50. The lowest BCUT2D eigenvalue weighted by Gasteiger charge is -2.54.